The van der Waals surface area contributed by atoms with Crippen LogP contribution in [-0.4, -0.2) is 65.9 Å². The summed E-state index contributed by atoms with van der Waals surface area (Å²) in [6.45, 7) is 8.49. The average molecular weight is 497 g/mol. The lowest BCUT2D eigenvalue weighted by molar-refractivity contribution is -0.111. The third-order valence-electron chi connectivity index (χ3n) is 6.70. The highest BCUT2D eigenvalue weighted by atomic mass is 16.5. The molecule has 0 atom stereocenters. The minimum absolute atomic E-state index is 0.240. The molecule has 0 unspecified atom stereocenters. The van der Waals surface area contributed by atoms with Crippen LogP contribution in [0.3, 0.4) is 0 Å². The fourth-order valence-corrected chi connectivity index (χ4v) is 4.72. The van der Waals surface area contributed by atoms with Crippen LogP contribution < -0.4 is 15.0 Å². The Morgan fingerprint density at radius 3 is 2.73 bits per heavy atom. The molecular formula is C29H32N6O2. The fourth-order valence-electron chi connectivity index (χ4n) is 4.72. The SMILES string of the molecule is C=CC(=O)Nc1cc(COc2nccc(C3=CN(C)Cc4ccccc43)n2)ccc1N1CCN(C)CC1. The molecule has 2 aliphatic heterocycles. The number of likely N-dealkylation sites (N-methyl/N-ethyl adjacent to an activating group) is 1. The van der Waals surface area contributed by atoms with Crippen LogP contribution in [0.15, 0.2) is 73.6 Å². The molecule has 3 heterocycles. The number of hydrogen-bond acceptors (Lipinski definition) is 7. The Morgan fingerprint density at radius 1 is 1.11 bits per heavy atom. The van der Waals surface area contributed by atoms with Gasteiger partial charge in [0.1, 0.15) is 6.61 Å². The molecule has 8 heteroatoms. The second-order valence-electron chi connectivity index (χ2n) is 9.46. The number of fused-ring (bicyclic) bond motifs is 1. The van der Waals surface area contributed by atoms with Gasteiger partial charge in [0.2, 0.25) is 5.91 Å². The number of benzene rings is 2. The maximum Gasteiger partial charge on any atom is 0.317 e. The molecule has 1 amide bonds. The summed E-state index contributed by atoms with van der Waals surface area (Å²) in [5.74, 6) is -0.240. The molecule has 0 bridgehead atoms. The monoisotopic (exact) mass is 496 g/mol. The summed E-state index contributed by atoms with van der Waals surface area (Å²) in [7, 11) is 4.18. The van der Waals surface area contributed by atoms with Crippen LogP contribution in [0.5, 0.6) is 6.01 Å². The van der Waals surface area contributed by atoms with Gasteiger partial charge in [0, 0.05) is 57.7 Å². The first-order valence-corrected chi connectivity index (χ1v) is 12.5. The van der Waals surface area contributed by atoms with Gasteiger partial charge in [0.15, 0.2) is 0 Å². The van der Waals surface area contributed by atoms with Gasteiger partial charge >= 0.3 is 6.01 Å². The van der Waals surface area contributed by atoms with E-state index >= 15 is 0 Å². The van der Waals surface area contributed by atoms with E-state index in [0.29, 0.717) is 6.01 Å². The molecule has 0 aliphatic carbocycles. The molecular weight excluding hydrogens is 464 g/mol. The van der Waals surface area contributed by atoms with Crippen LogP contribution >= 0.6 is 0 Å². The molecule has 0 spiro atoms. The number of amides is 1. The first-order valence-electron chi connectivity index (χ1n) is 12.5. The molecule has 37 heavy (non-hydrogen) atoms. The van der Waals surface area contributed by atoms with Crippen molar-refractivity contribution in [2.45, 2.75) is 13.2 Å². The van der Waals surface area contributed by atoms with E-state index in [9.17, 15) is 4.79 Å². The van der Waals surface area contributed by atoms with Gasteiger partial charge in [-0.2, -0.15) is 4.98 Å². The molecule has 0 radical (unpaired) electrons. The van der Waals surface area contributed by atoms with Gasteiger partial charge in [-0.15, -0.1) is 0 Å². The zero-order valence-corrected chi connectivity index (χ0v) is 21.4. The van der Waals surface area contributed by atoms with Crippen LogP contribution in [0.25, 0.3) is 5.57 Å². The second kappa shape index (κ2) is 10.8. The number of nitrogens with zero attached hydrogens (tertiary/aromatic N) is 5. The molecule has 1 aromatic heterocycles. The standard InChI is InChI=1S/C29H32N6O2/c1-4-28(36)31-26-17-21(9-10-27(26)35-15-13-33(2)14-16-35)20-37-29-30-12-11-25(32-29)24-19-34(3)18-22-7-5-6-8-23(22)24/h4-12,17,19H,1,13-16,18,20H2,2-3H3,(H,31,36). The zero-order chi connectivity index (χ0) is 25.8. The first kappa shape index (κ1) is 24.5. The topological polar surface area (TPSA) is 73.8 Å². The zero-order valence-electron chi connectivity index (χ0n) is 21.4. The number of hydrogen-bond donors (Lipinski definition) is 1. The van der Waals surface area contributed by atoms with Crippen molar-refractivity contribution in [1.82, 2.24) is 19.8 Å². The number of aromatic nitrogens is 2. The molecule has 2 aliphatic rings. The molecule has 2 aromatic carbocycles. The molecule has 1 N–H and O–H groups in total. The maximum atomic E-state index is 12.1. The van der Waals surface area contributed by atoms with Crippen LogP contribution in [0.4, 0.5) is 11.4 Å². The minimum Gasteiger partial charge on any atom is -0.459 e. The Balaban J connectivity index is 1.35. The summed E-state index contributed by atoms with van der Waals surface area (Å²) in [5, 5.41) is 2.96. The Bertz CT molecular complexity index is 1330. The predicted molar refractivity (Wildman–Crippen MR) is 146 cm³/mol. The molecule has 190 valence electrons. The Hall–Kier alpha value is -4.17. The van der Waals surface area contributed by atoms with Gasteiger partial charge < -0.3 is 24.8 Å². The van der Waals surface area contributed by atoms with E-state index in [0.717, 1.165) is 60.9 Å². The van der Waals surface area contributed by atoms with E-state index in [2.05, 4.69) is 70.1 Å². The number of anilines is 2. The molecule has 3 aromatic rings. The Morgan fingerprint density at radius 2 is 1.92 bits per heavy atom. The highest BCUT2D eigenvalue weighted by Crippen LogP contribution is 2.31. The molecule has 8 nitrogen and oxygen atoms in total. The van der Waals surface area contributed by atoms with Crippen molar-refractivity contribution in [3.05, 3.63) is 96.0 Å². The van der Waals surface area contributed by atoms with Crippen molar-refractivity contribution in [1.29, 1.82) is 0 Å². The second-order valence-corrected chi connectivity index (χ2v) is 9.46. The number of nitrogens with one attached hydrogen (secondary N) is 1. The summed E-state index contributed by atoms with van der Waals surface area (Å²) in [4.78, 5) is 27.9. The Kier molecular flexibility index (Phi) is 7.18. The highest BCUT2D eigenvalue weighted by Gasteiger charge is 2.20. The van der Waals surface area contributed by atoms with Crippen LogP contribution in [0.2, 0.25) is 0 Å². The van der Waals surface area contributed by atoms with Gasteiger partial charge in [-0.25, -0.2) is 4.98 Å². The minimum atomic E-state index is -0.240. The average Bonchev–Trinajstić information content (AvgIpc) is 2.92. The van der Waals surface area contributed by atoms with Gasteiger partial charge in [-0.1, -0.05) is 36.9 Å². The lowest BCUT2D eigenvalue weighted by Gasteiger charge is -2.35. The van der Waals surface area contributed by atoms with Crippen LogP contribution in [-0.2, 0) is 17.9 Å². The van der Waals surface area contributed by atoms with E-state index in [1.165, 1.54) is 17.2 Å². The summed E-state index contributed by atoms with van der Waals surface area (Å²) in [5.41, 5.74) is 6.95. The number of carbonyl (C=O) groups is 1. The smallest absolute Gasteiger partial charge is 0.317 e. The number of piperazine rings is 1. The quantitative estimate of drug-likeness (QED) is 0.499. The largest absolute Gasteiger partial charge is 0.459 e. The van der Waals surface area contributed by atoms with E-state index in [4.69, 9.17) is 9.72 Å². The van der Waals surface area contributed by atoms with Gasteiger partial charge in [-0.3, -0.25) is 4.79 Å². The summed E-state index contributed by atoms with van der Waals surface area (Å²) in [6.07, 6.45) is 5.12. The summed E-state index contributed by atoms with van der Waals surface area (Å²) >= 11 is 0. The fraction of sp³-hybridized carbons (Fsp3) is 0.276. The third-order valence-corrected chi connectivity index (χ3v) is 6.70. The Labute approximate surface area is 217 Å². The summed E-state index contributed by atoms with van der Waals surface area (Å²) in [6, 6.07) is 16.6. The highest BCUT2D eigenvalue weighted by molar-refractivity contribution is 6.01. The van der Waals surface area contributed by atoms with Crippen molar-refractivity contribution in [3.63, 3.8) is 0 Å². The van der Waals surface area contributed by atoms with E-state index in [-0.39, 0.29) is 12.5 Å². The predicted octanol–water partition coefficient (Wildman–Crippen LogP) is 3.77. The maximum absolute atomic E-state index is 12.1. The number of ether oxygens (including phenoxy) is 1. The van der Waals surface area contributed by atoms with Crippen molar-refractivity contribution in [2.24, 2.45) is 0 Å². The van der Waals surface area contributed by atoms with Crippen molar-refractivity contribution < 1.29 is 9.53 Å². The number of rotatable bonds is 7. The van der Waals surface area contributed by atoms with Crippen molar-refractivity contribution in [3.8, 4) is 6.01 Å². The van der Waals surface area contributed by atoms with E-state index < -0.39 is 0 Å². The van der Waals surface area contributed by atoms with Crippen molar-refractivity contribution >= 4 is 22.9 Å². The van der Waals surface area contributed by atoms with Gasteiger partial charge in [-0.05, 0) is 48.0 Å². The van der Waals surface area contributed by atoms with Crippen molar-refractivity contribution in [2.75, 3.05) is 50.5 Å². The normalized spacial score (nSPS) is 15.6. The van der Waals surface area contributed by atoms with Crippen LogP contribution in [0, 0.1) is 0 Å². The lowest BCUT2D eigenvalue weighted by Crippen LogP contribution is -2.44. The van der Waals surface area contributed by atoms with E-state index in [1.54, 1.807) is 6.20 Å². The third kappa shape index (κ3) is 5.65. The molecule has 1 fully saturated rings. The van der Waals surface area contributed by atoms with Gasteiger partial charge in [0.05, 0.1) is 17.1 Å². The lowest BCUT2D eigenvalue weighted by atomic mass is 9.95. The van der Waals surface area contributed by atoms with E-state index in [1.807, 2.05) is 30.3 Å². The number of carbonyl (C=O) groups excluding carboxylic acids is 1. The summed E-state index contributed by atoms with van der Waals surface area (Å²) < 4.78 is 6.01. The molecule has 5 rings (SSSR count). The first-order chi connectivity index (χ1) is 18.0. The van der Waals surface area contributed by atoms with Gasteiger partial charge in [0.25, 0.3) is 0 Å². The van der Waals surface area contributed by atoms with Crippen LogP contribution in [0.1, 0.15) is 22.4 Å². The molecule has 1 saturated heterocycles. The molecule has 0 saturated carbocycles.